The average Bonchev–Trinajstić information content (AvgIpc) is 3.46. The van der Waals surface area contributed by atoms with E-state index in [1.54, 1.807) is 31.2 Å². The summed E-state index contributed by atoms with van der Waals surface area (Å²) in [6, 6.07) is 5.75. The summed E-state index contributed by atoms with van der Waals surface area (Å²) in [5, 5.41) is 16.1. The highest BCUT2D eigenvalue weighted by atomic mass is 16.5. The normalized spacial score (nSPS) is 33.8. The van der Waals surface area contributed by atoms with E-state index in [2.05, 4.69) is 10.6 Å². The molecule has 0 radical (unpaired) electrons. The number of carbonyl (C=O) groups is 3. The fourth-order valence-electron chi connectivity index (χ4n) is 7.17. The molecule has 0 aromatic heterocycles. The van der Waals surface area contributed by atoms with E-state index >= 15 is 0 Å². The lowest BCUT2D eigenvalue weighted by molar-refractivity contribution is -0.148. The number of hydrogen-bond donors (Lipinski definition) is 3. The van der Waals surface area contributed by atoms with Gasteiger partial charge in [0.25, 0.3) is 0 Å². The average molecular weight is 514 g/mol. The van der Waals surface area contributed by atoms with Gasteiger partial charge in [-0.1, -0.05) is 19.3 Å². The Morgan fingerprint density at radius 3 is 2.51 bits per heavy atom. The van der Waals surface area contributed by atoms with Crippen molar-refractivity contribution in [3.63, 3.8) is 0 Å². The summed E-state index contributed by atoms with van der Waals surface area (Å²) in [4.78, 5) is 42.9. The van der Waals surface area contributed by atoms with Crippen molar-refractivity contribution in [1.29, 1.82) is 0 Å². The van der Waals surface area contributed by atoms with Crippen LogP contribution in [0.2, 0.25) is 0 Å². The van der Waals surface area contributed by atoms with Crippen molar-refractivity contribution in [3.8, 4) is 5.75 Å². The summed E-state index contributed by atoms with van der Waals surface area (Å²) in [5.41, 5.74) is -1.34. The molecule has 1 saturated carbocycles. The van der Waals surface area contributed by atoms with Crippen LogP contribution in [0.25, 0.3) is 0 Å². The third-order valence-corrected chi connectivity index (χ3v) is 8.87. The SMILES string of the molecule is CCOc1ccc(NC(=O)[C@H]2[C@H]3C(=O)N([C@H](C)CO)C(C(=O)NC4CCCCC4)C34CC[C@]2(C)O4)cc1. The Balaban J connectivity index is 1.43. The number of likely N-dealkylation sites (tertiary alicyclic amines) is 1. The minimum atomic E-state index is -1.09. The van der Waals surface area contributed by atoms with Gasteiger partial charge in [-0.15, -0.1) is 0 Å². The van der Waals surface area contributed by atoms with Crippen molar-refractivity contribution < 1.29 is 29.0 Å². The van der Waals surface area contributed by atoms with E-state index in [0.717, 1.165) is 25.7 Å². The van der Waals surface area contributed by atoms with E-state index in [0.29, 0.717) is 30.9 Å². The summed E-state index contributed by atoms with van der Waals surface area (Å²) in [7, 11) is 0. The lowest BCUT2D eigenvalue weighted by Crippen LogP contribution is -2.59. The lowest BCUT2D eigenvalue weighted by Gasteiger charge is -2.37. The number of nitrogens with one attached hydrogen (secondary N) is 2. The summed E-state index contributed by atoms with van der Waals surface area (Å²) < 4.78 is 12.1. The number of nitrogens with zero attached hydrogens (tertiary/aromatic N) is 1. The molecule has 1 spiro atoms. The van der Waals surface area contributed by atoms with Crippen LogP contribution in [0.5, 0.6) is 5.75 Å². The van der Waals surface area contributed by atoms with E-state index in [4.69, 9.17) is 9.47 Å². The molecule has 6 atom stereocenters. The highest BCUT2D eigenvalue weighted by molar-refractivity contribution is 6.02. The van der Waals surface area contributed by atoms with Crippen LogP contribution >= 0.6 is 0 Å². The van der Waals surface area contributed by atoms with Crippen LogP contribution in [0.15, 0.2) is 24.3 Å². The number of carbonyl (C=O) groups excluding carboxylic acids is 3. The molecule has 3 heterocycles. The summed E-state index contributed by atoms with van der Waals surface area (Å²) in [6.07, 6.45) is 6.24. The van der Waals surface area contributed by atoms with Gasteiger partial charge in [0.2, 0.25) is 17.7 Å². The van der Waals surface area contributed by atoms with Crippen LogP contribution in [0, 0.1) is 11.8 Å². The zero-order valence-corrected chi connectivity index (χ0v) is 22.0. The second-order valence-electron chi connectivity index (χ2n) is 11.3. The molecule has 3 aliphatic heterocycles. The Morgan fingerprint density at radius 2 is 1.86 bits per heavy atom. The molecule has 202 valence electrons. The first-order valence-corrected chi connectivity index (χ1v) is 13.7. The first kappa shape index (κ1) is 26.0. The van der Waals surface area contributed by atoms with Gasteiger partial charge in [-0.3, -0.25) is 14.4 Å². The quantitative estimate of drug-likeness (QED) is 0.492. The molecule has 4 aliphatic rings. The maximum Gasteiger partial charge on any atom is 0.246 e. The number of benzene rings is 1. The standard InChI is InChI=1S/C28H39N3O6/c1-4-36-20-12-10-19(11-13-20)29-24(33)21-22-26(35)31(17(2)16-32)23(28(22)15-14-27(21,3)37-28)25(34)30-18-8-6-5-7-9-18/h10-13,17-18,21-23,32H,4-9,14-16H2,1-3H3,(H,29,33)(H,30,34)/t17-,21-,22+,23?,27+,28?/m1/s1. The van der Waals surface area contributed by atoms with Gasteiger partial charge in [-0.2, -0.15) is 0 Å². The number of ether oxygens (including phenoxy) is 2. The van der Waals surface area contributed by atoms with E-state index in [1.807, 2.05) is 13.8 Å². The molecule has 4 fully saturated rings. The fourth-order valence-corrected chi connectivity index (χ4v) is 7.17. The largest absolute Gasteiger partial charge is 0.494 e. The second kappa shape index (κ2) is 9.91. The number of amides is 3. The highest BCUT2D eigenvalue weighted by Gasteiger charge is 2.78. The number of fused-ring (bicyclic) bond motifs is 1. The predicted molar refractivity (Wildman–Crippen MR) is 137 cm³/mol. The van der Waals surface area contributed by atoms with Crippen LogP contribution in [0.1, 0.15) is 65.7 Å². The minimum Gasteiger partial charge on any atom is -0.494 e. The molecule has 1 aromatic carbocycles. The first-order chi connectivity index (χ1) is 17.7. The summed E-state index contributed by atoms with van der Waals surface area (Å²) >= 11 is 0. The van der Waals surface area contributed by atoms with Crippen LogP contribution < -0.4 is 15.4 Å². The van der Waals surface area contributed by atoms with Crippen LogP contribution in [0.3, 0.4) is 0 Å². The number of aliphatic hydroxyl groups excluding tert-OH is 1. The predicted octanol–water partition coefficient (Wildman–Crippen LogP) is 2.62. The fraction of sp³-hybridized carbons (Fsp3) is 0.679. The van der Waals surface area contributed by atoms with Crippen molar-refractivity contribution >= 4 is 23.4 Å². The maximum atomic E-state index is 14.0. The summed E-state index contributed by atoms with van der Waals surface area (Å²) in [6.45, 7) is 5.80. The third-order valence-electron chi connectivity index (χ3n) is 8.87. The van der Waals surface area contributed by atoms with E-state index in [-0.39, 0.29) is 30.4 Å². The van der Waals surface area contributed by atoms with Gasteiger partial charge in [0.1, 0.15) is 17.4 Å². The van der Waals surface area contributed by atoms with E-state index < -0.39 is 35.1 Å². The molecule has 5 rings (SSSR count). The molecular formula is C28H39N3O6. The van der Waals surface area contributed by atoms with Gasteiger partial charge in [0.05, 0.1) is 36.7 Å². The van der Waals surface area contributed by atoms with Crippen molar-refractivity contribution in [2.45, 2.75) is 95.0 Å². The Kier molecular flexibility index (Phi) is 6.96. The molecular weight excluding hydrogens is 474 g/mol. The number of anilines is 1. The maximum absolute atomic E-state index is 14.0. The molecule has 1 aromatic rings. The van der Waals surface area contributed by atoms with Crippen molar-refractivity contribution in [2.24, 2.45) is 11.8 Å². The zero-order valence-electron chi connectivity index (χ0n) is 22.0. The Labute approximate surface area is 218 Å². The molecule has 2 bridgehead atoms. The van der Waals surface area contributed by atoms with Crippen LogP contribution in [-0.2, 0) is 19.1 Å². The van der Waals surface area contributed by atoms with Crippen LogP contribution in [-0.4, -0.2) is 70.3 Å². The van der Waals surface area contributed by atoms with Gasteiger partial charge in [-0.05, 0) is 70.7 Å². The molecule has 3 saturated heterocycles. The van der Waals surface area contributed by atoms with E-state index in [9.17, 15) is 19.5 Å². The molecule has 1 aliphatic carbocycles. The Morgan fingerprint density at radius 1 is 1.16 bits per heavy atom. The number of hydrogen-bond acceptors (Lipinski definition) is 6. The minimum absolute atomic E-state index is 0.0750. The van der Waals surface area contributed by atoms with Crippen molar-refractivity contribution in [3.05, 3.63) is 24.3 Å². The van der Waals surface area contributed by atoms with Crippen molar-refractivity contribution in [1.82, 2.24) is 10.2 Å². The number of aliphatic hydroxyl groups is 1. The molecule has 2 unspecified atom stereocenters. The lowest BCUT2D eigenvalue weighted by atomic mass is 9.66. The van der Waals surface area contributed by atoms with Gasteiger partial charge >= 0.3 is 0 Å². The van der Waals surface area contributed by atoms with E-state index in [1.165, 1.54) is 11.3 Å². The first-order valence-electron chi connectivity index (χ1n) is 13.7. The van der Waals surface area contributed by atoms with Gasteiger partial charge in [0, 0.05) is 11.7 Å². The molecule has 37 heavy (non-hydrogen) atoms. The van der Waals surface area contributed by atoms with Gasteiger partial charge in [-0.25, -0.2) is 0 Å². The Bertz CT molecular complexity index is 1040. The van der Waals surface area contributed by atoms with Gasteiger partial charge < -0.3 is 30.1 Å². The smallest absolute Gasteiger partial charge is 0.246 e. The molecule has 9 heteroatoms. The monoisotopic (exact) mass is 513 g/mol. The van der Waals surface area contributed by atoms with Crippen LogP contribution in [0.4, 0.5) is 5.69 Å². The zero-order chi connectivity index (χ0) is 26.4. The second-order valence-corrected chi connectivity index (χ2v) is 11.3. The van der Waals surface area contributed by atoms with Gasteiger partial charge in [0.15, 0.2) is 0 Å². The molecule has 3 N–H and O–H groups in total. The topological polar surface area (TPSA) is 117 Å². The summed E-state index contributed by atoms with van der Waals surface area (Å²) in [5.74, 6) is -1.65. The highest BCUT2D eigenvalue weighted by Crippen LogP contribution is 2.63. The molecule has 9 nitrogen and oxygen atoms in total. The molecule has 3 amide bonds. The third kappa shape index (κ3) is 4.30. The van der Waals surface area contributed by atoms with Crippen molar-refractivity contribution in [2.75, 3.05) is 18.5 Å². The number of rotatable bonds is 8. The Hall–Kier alpha value is -2.65.